The fourth-order valence-electron chi connectivity index (χ4n) is 2.81. The lowest BCUT2D eigenvalue weighted by atomic mass is 9.83. The largest absolute Gasteiger partial charge is 0.312 e. The molecule has 1 N–H and O–H groups in total. The third-order valence-electron chi connectivity index (χ3n) is 4.26. The minimum absolute atomic E-state index is 0.135. The zero-order valence-electron chi connectivity index (χ0n) is 12.1. The Hall–Kier alpha value is -1.15. The Kier molecular flexibility index (Phi) is 5.15. The molecule has 0 radical (unpaired) electrons. The van der Waals surface area contributed by atoms with E-state index in [1.807, 2.05) is 24.3 Å². The standard InChI is InChI=1S/C17H25NO/c1-13-3-5-15(6-4-13)11-18-12-16-7-9-17(10-8-16)14(2)19/h7-10,13,15,18H,3-6,11-12H2,1-2H3. The molecule has 0 unspecified atom stereocenters. The molecule has 2 rings (SSSR count). The van der Waals surface area contributed by atoms with Crippen molar-refractivity contribution < 1.29 is 4.79 Å². The minimum Gasteiger partial charge on any atom is -0.312 e. The van der Waals surface area contributed by atoms with Crippen molar-refractivity contribution >= 4 is 5.78 Å². The maximum Gasteiger partial charge on any atom is 0.159 e. The molecule has 0 saturated heterocycles. The summed E-state index contributed by atoms with van der Waals surface area (Å²) in [5.41, 5.74) is 2.05. The van der Waals surface area contributed by atoms with Gasteiger partial charge in [-0.1, -0.05) is 44.0 Å². The van der Waals surface area contributed by atoms with Crippen LogP contribution in [0.5, 0.6) is 0 Å². The highest BCUT2D eigenvalue weighted by atomic mass is 16.1. The summed E-state index contributed by atoms with van der Waals surface area (Å²) < 4.78 is 0. The van der Waals surface area contributed by atoms with Gasteiger partial charge < -0.3 is 5.32 Å². The maximum atomic E-state index is 11.2. The third-order valence-corrected chi connectivity index (χ3v) is 4.26. The average Bonchev–Trinajstić information content (AvgIpc) is 2.41. The van der Waals surface area contributed by atoms with Crippen LogP contribution in [0.15, 0.2) is 24.3 Å². The highest BCUT2D eigenvalue weighted by Crippen LogP contribution is 2.27. The van der Waals surface area contributed by atoms with E-state index < -0.39 is 0 Å². The molecule has 0 aromatic heterocycles. The first-order valence-corrected chi connectivity index (χ1v) is 7.45. The normalized spacial score (nSPS) is 23.3. The molecule has 2 heteroatoms. The van der Waals surface area contributed by atoms with Crippen LogP contribution in [-0.2, 0) is 6.54 Å². The fraction of sp³-hybridized carbons (Fsp3) is 0.588. The van der Waals surface area contributed by atoms with Crippen molar-refractivity contribution in [3.8, 4) is 0 Å². The van der Waals surface area contributed by atoms with E-state index in [9.17, 15) is 4.79 Å². The van der Waals surface area contributed by atoms with Crippen molar-refractivity contribution in [3.63, 3.8) is 0 Å². The summed E-state index contributed by atoms with van der Waals surface area (Å²) in [7, 11) is 0. The van der Waals surface area contributed by atoms with Crippen molar-refractivity contribution in [2.75, 3.05) is 6.54 Å². The summed E-state index contributed by atoms with van der Waals surface area (Å²) in [6.07, 6.45) is 5.52. The van der Waals surface area contributed by atoms with Gasteiger partial charge in [0.15, 0.2) is 5.78 Å². The van der Waals surface area contributed by atoms with Crippen molar-refractivity contribution in [1.29, 1.82) is 0 Å². The molecule has 1 aliphatic carbocycles. The Balaban J connectivity index is 1.72. The van der Waals surface area contributed by atoms with Crippen LogP contribution in [0, 0.1) is 11.8 Å². The second-order valence-corrected chi connectivity index (χ2v) is 6.01. The Morgan fingerprint density at radius 3 is 2.37 bits per heavy atom. The summed E-state index contributed by atoms with van der Waals surface area (Å²) in [5, 5.41) is 3.55. The van der Waals surface area contributed by atoms with E-state index in [0.717, 1.165) is 30.5 Å². The van der Waals surface area contributed by atoms with E-state index in [0.29, 0.717) is 0 Å². The van der Waals surface area contributed by atoms with Crippen LogP contribution in [0.25, 0.3) is 0 Å². The molecule has 1 aromatic carbocycles. The van der Waals surface area contributed by atoms with Crippen LogP contribution >= 0.6 is 0 Å². The van der Waals surface area contributed by atoms with E-state index in [4.69, 9.17) is 0 Å². The second-order valence-electron chi connectivity index (χ2n) is 6.01. The lowest BCUT2D eigenvalue weighted by molar-refractivity contribution is 0.101. The topological polar surface area (TPSA) is 29.1 Å². The van der Waals surface area contributed by atoms with E-state index in [1.165, 1.54) is 31.2 Å². The summed E-state index contributed by atoms with van der Waals surface area (Å²) >= 11 is 0. The molecule has 19 heavy (non-hydrogen) atoms. The van der Waals surface area contributed by atoms with Crippen molar-refractivity contribution in [2.45, 2.75) is 46.1 Å². The lowest BCUT2D eigenvalue weighted by Gasteiger charge is -2.26. The van der Waals surface area contributed by atoms with Gasteiger partial charge in [0.25, 0.3) is 0 Å². The predicted octanol–water partition coefficient (Wildman–Crippen LogP) is 3.81. The number of nitrogens with one attached hydrogen (secondary N) is 1. The monoisotopic (exact) mass is 259 g/mol. The summed E-state index contributed by atoms with van der Waals surface area (Å²) in [6, 6.07) is 7.93. The number of ketones is 1. The number of benzene rings is 1. The number of carbonyl (C=O) groups excluding carboxylic acids is 1. The molecule has 1 aromatic rings. The molecular weight excluding hydrogens is 234 g/mol. The maximum absolute atomic E-state index is 11.2. The molecule has 0 amide bonds. The zero-order valence-corrected chi connectivity index (χ0v) is 12.1. The second kappa shape index (κ2) is 6.85. The van der Waals surface area contributed by atoms with Crippen LogP contribution in [0.2, 0.25) is 0 Å². The van der Waals surface area contributed by atoms with Gasteiger partial charge in [0.1, 0.15) is 0 Å². The van der Waals surface area contributed by atoms with E-state index in [2.05, 4.69) is 12.2 Å². The third kappa shape index (κ3) is 4.46. The van der Waals surface area contributed by atoms with Gasteiger partial charge in [-0.25, -0.2) is 0 Å². The first kappa shape index (κ1) is 14.3. The summed E-state index contributed by atoms with van der Waals surface area (Å²) in [4.78, 5) is 11.2. The lowest BCUT2D eigenvalue weighted by Crippen LogP contribution is -2.25. The molecule has 1 saturated carbocycles. The first-order chi connectivity index (χ1) is 9.15. The van der Waals surface area contributed by atoms with E-state index in [1.54, 1.807) is 6.92 Å². The molecule has 104 valence electrons. The summed E-state index contributed by atoms with van der Waals surface area (Å²) in [6.45, 7) is 6.00. The molecular formula is C17H25NO. The molecule has 0 atom stereocenters. The average molecular weight is 259 g/mol. The molecule has 1 aliphatic rings. The van der Waals surface area contributed by atoms with Gasteiger partial charge >= 0.3 is 0 Å². The number of hydrogen-bond donors (Lipinski definition) is 1. The molecule has 0 aliphatic heterocycles. The molecule has 2 nitrogen and oxygen atoms in total. The van der Waals surface area contributed by atoms with Gasteiger partial charge in [0.2, 0.25) is 0 Å². The van der Waals surface area contributed by atoms with Gasteiger partial charge in [-0.2, -0.15) is 0 Å². The minimum atomic E-state index is 0.135. The number of hydrogen-bond acceptors (Lipinski definition) is 2. The Bertz CT molecular complexity index is 402. The number of Topliss-reactive ketones (excluding diaryl/α,β-unsaturated/α-hetero) is 1. The Morgan fingerprint density at radius 2 is 1.79 bits per heavy atom. The van der Waals surface area contributed by atoms with Gasteiger partial charge in [0, 0.05) is 12.1 Å². The highest BCUT2D eigenvalue weighted by Gasteiger charge is 2.17. The van der Waals surface area contributed by atoms with Gasteiger partial charge in [-0.15, -0.1) is 0 Å². The van der Waals surface area contributed by atoms with Crippen LogP contribution in [-0.4, -0.2) is 12.3 Å². The van der Waals surface area contributed by atoms with Crippen molar-refractivity contribution in [3.05, 3.63) is 35.4 Å². The zero-order chi connectivity index (χ0) is 13.7. The van der Waals surface area contributed by atoms with Gasteiger partial charge in [0.05, 0.1) is 0 Å². The quantitative estimate of drug-likeness (QED) is 0.815. The fourth-order valence-corrected chi connectivity index (χ4v) is 2.81. The number of carbonyl (C=O) groups is 1. The SMILES string of the molecule is CC(=O)c1ccc(CNCC2CCC(C)CC2)cc1. The molecule has 0 heterocycles. The van der Waals surface area contributed by atoms with Crippen LogP contribution in [0.4, 0.5) is 0 Å². The van der Waals surface area contributed by atoms with Crippen molar-refractivity contribution in [1.82, 2.24) is 5.32 Å². The molecule has 1 fully saturated rings. The molecule has 0 bridgehead atoms. The van der Waals surface area contributed by atoms with Crippen LogP contribution in [0.1, 0.15) is 55.5 Å². The van der Waals surface area contributed by atoms with Crippen molar-refractivity contribution in [2.24, 2.45) is 11.8 Å². The smallest absolute Gasteiger partial charge is 0.159 e. The Labute approximate surface area is 116 Å². The van der Waals surface area contributed by atoms with Crippen LogP contribution < -0.4 is 5.32 Å². The summed E-state index contributed by atoms with van der Waals surface area (Å²) in [5.74, 6) is 1.92. The van der Waals surface area contributed by atoms with Crippen LogP contribution in [0.3, 0.4) is 0 Å². The highest BCUT2D eigenvalue weighted by molar-refractivity contribution is 5.93. The van der Waals surface area contributed by atoms with Gasteiger partial charge in [-0.3, -0.25) is 4.79 Å². The number of rotatable bonds is 5. The van der Waals surface area contributed by atoms with E-state index in [-0.39, 0.29) is 5.78 Å². The first-order valence-electron chi connectivity index (χ1n) is 7.45. The predicted molar refractivity (Wildman–Crippen MR) is 79.3 cm³/mol. The molecule has 0 spiro atoms. The Morgan fingerprint density at radius 1 is 1.16 bits per heavy atom. The van der Waals surface area contributed by atoms with Gasteiger partial charge in [-0.05, 0) is 43.7 Å². The van der Waals surface area contributed by atoms with E-state index >= 15 is 0 Å².